The summed E-state index contributed by atoms with van der Waals surface area (Å²) in [5.41, 5.74) is 1.52. The molecule has 102 valence electrons. The molecule has 3 heteroatoms. The predicted octanol–water partition coefficient (Wildman–Crippen LogP) is 3.96. The largest absolute Gasteiger partial charge is 0.388 e. The van der Waals surface area contributed by atoms with Crippen LogP contribution in [0.2, 0.25) is 0 Å². The lowest BCUT2D eigenvalue weighted by atomic mass is 10.0. The summed E-state index contributed by atoms with van der Waals surface area (Å²) in [4.78, 5) is 11.9. The molecule has 20 heavy (non-hydrogen) atoms. The Bertz CT molecular complexity index is 591. The summed E-state index contributed by atoms with van der Waals surface area (Å²) in [7, 11) is 0. The fourth-order valence-electron chi connectivity index (χ4n) is 1.86. The molecule has 0 bridgehead atoms. The van der Waals surface area contributed by atoms with Gasteiger partial charge in [0, 0.05) is 12.5 Å². The Morgan fingerprint density at radius 3 is 2.20 bits per heavy atom. The summed E-state index contributed by atoms with van der Waals surface area (Å²) >= 11 is 6.09. The van der Waals surface area contributed by atoms with Crippen LogP contribution in [0, 0.1) is 0 Å². The first-order chi connectivity index (χ1) is 9.66. The van der Waals surface area contributed by atoms with Crippen LogP contribution in [0.3, 0.4) is 0 Å². The van der Waals surface area contributed by atoms with E-state index in [0.717, 1.165) is 11.1 Å². The van der Waals surface area contributed by atoms with Crippen LogP contribution >= 0.6 is 11.6 Å². The van der Waals surface area contributed by atoms with Crippen molar-refractivity contribution in [2.24, 2.45) is 0 Å². The normalized spacial score (nSPS) is 13.0. The smallest absolute Gasteiger partial charge is 0.160 e. The van der Waals surface area contributed by atoms with E-state index >= 15 is 0 Å². The summed E-state index contributed by atoms with van der Waals surface area (Å²) in [6.45, 7) is 0. The highest BCUT2D eigenvalue weighted by Crippen LogP contribution is 2.21. The van der Waals surface area contributed by atoms with Crippen molar-refractivity contribution in [2.45, 2.75) is 12.5 Å². The second-order valence-electron chi connectivity index (χ2n) is 4.46. The minimum atomic E-state index is -0.805. The molecule has 0 saturated heterocycles. The maximum Gasteiger partial charge on any atom is 0.160 e. The van der Waals surface area contributed by atoms with Crippen molar-refractivity contribution < 1.29 is 9.90 Å². The molecule has 0 radical (unpaired) electrons. The zero-order valence-corrected chi connectivity index (χ0v) is 11.6. The summed E-state index contributed by atoms with van der Waals surface area (Å²) in [5, 5.41) is 10.4. The van der Waals surface area contributed by atoms with Crippen molar-refractivity contribution in [1.29, 1.82) is 0 Å². The van der Waals surface area contributed by atoms with E-state index in [1.165, 1.54) is 6.08 Å². The number of aliphatic hydroxyl groups excluding tert-OH is 1. The molecular weight excluding hydrogens is 272 g/mol. The van der Waals surface area contributed by atoms with Crippen molar-refractivity contribution >= 4 is 22.4 Å². The Kier molecular flexibility index (Phi) is 5.10. The van der Waals surface area contributed by atoms with Crippen molar-refractivity contribution in [2.75, 3.05) is 0 Å². The minimum Gasteiger partial charge on any atom is -0.388 e. The van der Waals surface area contributed by atoms with Crippen molar-refractivity contribution in [1.82, 2.24) is 0 Å². The van der Waals surface area contributed by atoms with Gasteiger partial charge < -0.3 is 5.11 Å². The average molecular weight is 287 g/mol. The number of aliphatic hydroxyl groups is 1. The molecule has 0 spiro atoms. The highest BCUT2D eigenvalue weighted by molar-refractivity contribution is 6.50. The Hall–Kier alpha value is -1.90. The summed E-state index contributed by atoms with van der Waals surface area (Å²) in [6, 6.07) is 18.4. The van der Waals surface area contributed by atoms with Gasteiger partial charge in [-0.05, 0) is 11.1 Å². The third-order valence-corrected chi connectivity index (χ3v) is 3.24. The molecule has 0 aliphatic heterocycles. The molecule has 0 unspecified atom stereocenters. The molecule has 2 aromatic rings. The van der Waals surface area contributed by atoms with E-state index in [2.05, 4.69) is 0 Å². The van der Waals surface area contributed by atoms with Crippen LogP contribution in [0.25, 0.3) is 5.03 Å². The Labute approximate surface area is 123 Å². The van der Waals surface area contributed by atoms with Gasteiger partial charge >= 0.3 is 0 Å². The monoisotopic (exact) mass is 286 g/mol. The van der Waals surface area contributed by atoms with Gasteiger partial charge in [0.1, 0.15) is 0 Å². The second kappa shape index (κ2) is 7.04. The first-order valence-electron chi connectivity index (χ1n) is 6.35. The highest BCUT2D eigenvalue weighted by Gasteiger charge is 2.11. The van der Waals surface area contributed by atoms with Crippen LogP contribution in [0.4, 0.5) is 0 Å². The van der Waals surface area contributed by atoms with Crippen LogP contribution in [0.1, 0.15) is 23.7 Å². The van der Waals surface area contributed by atoms with Crippen LogP contribution in [0.5, 0.6) is 0 Å². The van der Waals surface area contributed by atoms with Crippen molar-refractivity contribution in [3.05, 3.63) is 77.9 Å². The fourth-order valence-corrected chi connectivity index (χ4v) is 2.11. The maximum atomic E-state index is 11.9. The Balaban J connectivity index is 2.02. The molecule has 0 amide bonds. The average Bonchev–Trinajstić information content (AvgIpc) is 2.49. The third kappa shape index (κ3) is 4.05. The quantitative estimate of drug-likeness (QED) is 0.845. The van der Waals surface area contributed by atoms with Gasteiger partial charge in [-0.1, -0.05) is 72.3 Å². The zero-order valence-electron chi connectivity index (χ0n) is 10.9. The summed E-state index contributed by atoms with van der Waals surface area (Å²) in [5.74, 6) is -0.199. The van der Waals surface area contributed by atoms with E-state index in [-0.39, 0.29) is 12.2 Å². The predicted molar refractivity (Wildman–Crippen MR) is 81.3 cm³/mol. The molecule has 2 nitrogen and oxygen atoms in total. The lowest BCUT2D eigenvalue weighted by molar-refractivity contribution is -0.116. The number of hydrogen-bond donors (Lipinski definition) is 1. The zero-order chi connectivity index (χ0) is 14.4. The topological polar surface area (TPSA) is 37.3 Å². The highest BCUT2D eigenvalue weighted by atomic mass is 35.5. The minimum absolute atomic E-state index is 0.0209. The number of carbonyl (C=O) groups is 1. The molecule has 0 aliphatic carbocycles. The lowest BCUT2D eigenvalue weighted by Gasteiger charge is -2.08. The number of benzene rings is 2. The summed E-state index contributed by atoms with van der Waals surface area (Å²) in [6.07, 6.45) is 0.580. The van der Waals surface area contributed by atoms with Crippen LogP contribution in [-0.2, 0) is 4.79 Å². The van der Waals surface area contributed by atoms with E-state index in [0.29, 0.717) is 5.03 Å². The van der Waals surface area contributed by atoms with Crippen LogP contribution < -0.4 is 0 Å². The lowest BCUT2D eigenvalue weighted by Crippen LogP contribution is -2.04. The van der Waals surface area contributed by atoms with Gasteiger partial charge in [0.25, 0.3) is 0 Å². The number of ketones is 1. The SMILES string of the molecule is O=C(/C=C(/Cl)c1ccccc1)C[C@@H](O)c1ccccc1. The van der Waals surface area contributed by atoms with E-state index in [4.69, 9.17) is 11.6 Å². The first-order valence-corrected chi connectivity index (χ1v) is 6.73. The van der Waals surface area contributed by atoms with Gasteiger partial charge in [0.05, 0.1) is 11.1 Å². The van der Waals surface area contributed by atoms with Crippen LogP contribution in [0.15, 0.2) is 66.7 Å². The van der Waals surface area contributed by atoms with Crippen molar-refractivity contribution in [3.63, 3.8) is 0 Å². The van der Waals surface area contributed by atoms with E-state index in [1.807, 2.05) is 48.5 Å². The molecule has 0 fully saturated rings. The molecular formula is C17H15ClO2. The standard InChI is InChI=1S/C17H15ClO2/c18-16(13-7-3-1-4-8-13)11-15(19)12-17(20)14-9-5-2-6-10-14/h1-11,17,20H,12H2/b16-11+/t17-/m1/s1. The molecule has 0 saturated carbocycles. The number of hydrogen-bond acceptors (Lipinski definition) is 2. The second-order valence-corrected chi connectivity index (χ2v) is 4.86. The van der Waals surface area contributed by atoms with Crippen molar-refractivity contribution in [3.8, 4) is 0 Å². The number of carbonyl (C=O) groups excluding carboxylic acids is 1. The van der Waals surface area contributed by atoms with Gasteiger partial charge in [-0.15, -0.1) is 0 Å². The van der Waals surface area contributed by atoms with Gasteiger partial charge in [-0.25, -0.2) is 0 Å². The maximum absolute atomic E-state index is 11.9. The van der Waals surface area contributed by atoms with Gasteiger partial charge in [-0.3, -0.25) is 4.79 Å². The number of halogens is 1. The Morgan fingerprint density at radius 2 is 1.60 bits per heavy atom. The first kappa shape index (κ1) is 14.5. The molecule has 0 aliphatic rings. The van der Waals surface area contributed by atoms with Crippen LogP contribution in [-0.4, -0.2) is 10.9 Å². The summed E-state index contributed by atoms with van der Waals surface area (Å²) < 4.78 is 0. The van der Waals surface area contributed by atoms with E-state index in [1.54, 1.807) is 12.1 Å². The fraction of sp³-hybridized carbons (Fsp3) is 0.118. The number of allylic oxidation sites excluding steroid dienone is 1. The van der Waals surface area contributed by atoms with E-state index < -0.39 is 6.10 Å². The molecule has 1 atom stereocenters. The van der Waals surface area contributed by atoms with Gasteiger partial charge in [0.15, 0.2) is 5.78 Å². The molecule has 1 N–H and O–H groups in total. The van der Waals surface area contributed by atoms with Gasteiger partial charge in [0.2, 0.25) is 0 Å². The molecule has 2 rings (SSSR count). The van der Waals surface area contributed by atoms with E-state index in [9.17, 15) is 9.90 Å². The van der Waals surface area contributed by atoms with Gasteiger partial charge in [-0.2, -0.15) is 0 Å². The molecule has 0 aromatic heterocycles. The third-order valence-electron chi connectivity index (χ3n) is 2.92. The molecule has 2 aromatic carbocycles. The Morgan fingerprint density at radius 1 is 1.05 bits per heavy atom. The molecule has 0 heterocycles. The number of rotatable bonds is 5.